The van der Waals surface area contributed by atoms with Gasteiger partial charge in [-0.3, -0.25) is 4.79 Å². The summed E-state index contributed by atoms with van der Waals surface area (Å²) in [6.07, 6.45) is 0. The predicted molar refractivity (Wildman–Crippen MR) is 83.7 cm³/mol. The first-order valence-corrected chi connectivity index (χ1v) is 7.03. The Morgan fingerprint density at radius 1 is 1.26 bits per heavy atom. The molecule has 2 N–H and O–H groups in total. The second-order valence-electron chi connectivity index (χ2n) is 4.85. The zero-order valence-corrected chi connectivity index (χ0v) is 12.7. The van der Waals surface area contributed by atoms with Crippen LogP contribution in [0.5, 0.6) is 0 Å². The van der Waals surface area contributed by atoms with E-state index in [1.807, 2.05) is 0 Å². The largest absolute Gasteiger partial charge is 0.322 e. The number of rotatable bonds is 3. The highest BCUT2D eigenvalue weighted by molar-refractivity contribution is 6.34. The number of tetrazole rings is 1. The average Bonchev–Trinajstić information content (AvgIpc) is 3.06. The highest BCUT2D eigenvalue weighted by atomic mass is 35.5. The number of benzene rings is 2. The van der Waals surface area contributed by atoms with Crippen LogP contribution < -0.4 is 5.32 Å². The van der Waals surface area contributed by atoms with Crippen LogP contribution in [0.2, 0.25) is 5.02 Å². The highest BCUT2D eigenvalue weighted by Crippen LogP contribution is 2.22. The van der Waals surface area contributed by atoms with E-state index in [9.17, 15) is 9.18 Å². The summed E-state index contributed by atoms with van der Waals surface area (Å²) in [4.78, 5) is 12.3. The lowest BCUT2D eigenvalue weighted by Gasteiger charge is -2.08. The summed E-state index contributed by atoms with van der Waals surface area (Å²) >= 11 is 5.93. The van der Waals surface area contributed by atoms with Gasteiger partial charge in [0, 0.05) is 11.3 Å². The fourth-order valence-electron chi connectivity index (χ4n) is 2.02. The van der Waals surface area contributed by atoms with Crippen molar-refractivity contribution in [1.29, 1.82) is 0 Å². The molecule has 3 rings (SSSR count). The summed E-state index contributed by atoms with van der Waals surface area (Å²) in [6.45, 7) is 1.57. The van der Waals surface area contributed by atoms with E-state index in [-0.39, 0.29) is 10.6 Å². The minimum atomic E-state index is -0.448. The van der Waals surface area contributed by atoms with Crippen LogP contribution >= 0.6 is 11.6 Å². The molecular formula is C15H11ClFN5O. The summed E-state index contributed by atoms with van der Waals surface area (Å²) in [5, 5.41) is 16.4. The Morgan fingerprint density at radius 3 is 2.65 bits per heavy atom. The molecule has 0 aliphatic carbocycles. The summed E-state index contributed by atoms with van der Waals surface area (Å²) in [5.41, 5.74) is 1.90. The minimum Gasteiger partial charge on any atom is -0.322 e. The first-order chi connectivity index (χ1) is 11.0. The molecule has 2 aromatic carbocycles. The molecule has 6 nitrogen and oxygen atoms in total. The molecule has 0 saturated heterocycles. The van der Waals surface area contributed by atoms with Gasteiger partial charge in [0.25, 0.3) is 5.91 Å². The molecule has 1 heterocycles. The Labute approximate surface area is 135 Å². The van der Waals surface area contributed by atoms with Gasteiger partial charge in [0.05, 0.1) is 10.6 Å². The standard InChI is InChI=1S/C15H11ClFN5O/c1-8-6-11(12(16)7-13(8)17)15(23)18-10-4-2-9(3-5-10)14-19-21-22-20-14/h2-7H,1H3,(H,18,23)(H,19,20,21,22). The van der Waals surface area contributed by atoms with Gasteiger partial charge in [-0.2, -0.15) is 5.21 Å². The van der Waals surface area contributed by atoms with Crippen molar-refractivity contribution in [2.45, 2.75) is 6.92 Å². The van der Waals surface area contributed by atoms with Crippen molar-refractivity contribution in [3.63, 3.8) is 0 Å². The zero-order valence-electron chi connectivity index (χ0n) is 12.0. The molecule has 0 aliphatic rings. The lowest BCUT2D eigenvalue weighted by atomic mass is 10.1. The van der Waals surface area contributed by atoms with Gasteiger partial charge in [0.15, 0.2) is 0 Å². The fraction of sp³-hybridized carbons (Fsp3) is 0.0667. The van der Waals surface area contributed by atoms with Crippen molar-refractivity contribution in [1.82, 2.24) is 20.6 Å². The molecule has 8 heteroatoms. The number of aromatic nitrogens is 4. The molecule has 0 radical (unpaired) electrons. The van der Waals surface area contributed by atoms with Crippen LogP contribution in [-0.2, 0) is 0 Å². The van der Waals surface area contributed by atoms with Crippen molar-refractivity contribution >= 4 is 23.2 Å². The van der Waals surface area contributed by atoms with Gasteiger partial charge in [-0.05, 0) is 54.1 Å². The zero-order chi connectivity index (χ0) is 16.4. The number of aromatic amines is 1. The quantitative estimate of drug-likeness (QED) is 0.772. The van der Waals surface area contributed by atoms with Gasteiger partial charge >= 0.3 is 0 Å². The molecule has 0 spiro atoms. The lowest BCUT2D eigenvalue weighted by molar-refractivity contribution is 0.102. The lowest BCUT2D eigenvalue weighted by Crippen LogP contribution is -2.13. The SMILES string of the molecule is Cc1cc(C(=O)Nc2ccc(-c3nn[nH]n3)cc2)c(Cl)cc1F. The van der Waals surface area contributed by atoms with Gasteiger partial charge in [0.2, 0.25) is 5.82 Å². The number of anilines is 1. The molecule has 1 aromatic heterocycles. The Kier molecular flexibility index (Phi) is 4.03. The number of aryl methyl sites for hydroxylation is 1. The molecule has 0 saturated carbocycles. The monoisotopic (exact) mass is 331 g/mol. The van der Waals surface area contributed by atoms with Gasteiger partial charge in [-0.15, -0.1) is 10.2 Å². The van der Waals surface area contributed by atoms with Gasteiger partial charge in [-0.1, -0.05) is 11.6 Å². The molecule has 3 aromatic rings. The molecule has 116 valence electrons. The first kappa shape index (κ1) is 15.1. The maximum absolute atomic E-state index is 13.4. The Balaban J connectivity index is 1.79. The van der Waals surface area contributed by atoms with Crippen LogP contribution in [0.3, 0.4) is 0 Å². The van der Waals surface area contributed by atoms with E-state index in [0.717, 1.165) is 11.6 Å². The molecule has 0 bridgehead atoms. The molecular weight excluding hydrogens is 321 g/mol. The number of nitrogens with zero attached hydrogens (tertiary/aromatic N) is 3. The fourth-order valence-corrected chi connectivity index (χ4v) is 2.25. The number of halogens is 2. The van der Waals surface area contributed by atoms with E-state index in [1.165, 1.54) is 6.07 Å². The molecule has 0 aliphatic heterocycles. The summed E-state index contributed by atoms with van der Waals surface area (Å²) in [5.74, 6) is -0.401. The van der Waals surface area contributed by atoms with E-state index >= 15 is 0 Å². The van der Waals surface area contributed by atoms with Gasteiger partial charge < -0.3 is 5.32 Å². The molecule has 23 heavy (non-hydrogen) atoms. The molecule has 0 fully saturated rings. The van der Waals surface area contributed by atoms with Crippen LogP contribution in [0.4, 0.5) is 10.1 Å². The van der Waals surface area contributed by atoms with Crippen LogP contribution in [0.15, 0.2) is 36.4 Å². The predicted octanol–water partition coefficient (Wildman–Crippen LogP) is 3.22. The first-order valence-electron chi connectivity index (χ1n) is 6.65. The van der Waals surface area contributed by atoms with E-state index in [0.29, 0.717) is 17.1 Å². The Hall–Kier alpha value is -2.80. The van der Waals surface area contributed by atoms with Crippen LogP contribution in [0, 0.1) is 12.7 Å². The van der Waals surface area contributed by atoms with Crippen LogP contribution in [0.1, 0.15) is 15.9 Å². The smallest absolute Gasteiger partial charge is 0.257 e. The minimum absolute atomic E-state index is 0.0639. The topological polar surface area (TPSA) is 83.6 Å². The Bertz CT molecular complexity index is 849. The molecule has 0 unspecified atom stereocenters. The number of H-pyrrole nitrogens is 1. The van der Waals surface area contributed by atoms with Crippen molar-refractivity contribution in [3.05, 3.63) is 58.4 Å². The number of amides is 1. The van der Waals surface area contributed by atoms with Crippen LogP contribution in [-0.4, -0.2) is 26.5 Å². The maximum atomic E-state index is 13.4. The average molecular weight is 332 g/mol. The Morgan fingerprint density at radius 2 is 2.00 bits per heavy atom. The van der Waals surface area contributed by atoms with E-state index in [2.05, 4.69) is 25.9 Å². The maximum Gasteiger partial charge on any atom is 0.257 e. The van der Waals surface area contributed by atoms with E-state index in [4.69, 9.17) is 11.6 Å². The van der Waals surface area contributed by atoms with Gasteiger partial charge in [0.1, 0.15) is 5.82 Å². The number of carbonyl (C=O) groups is 1. The van der Waals surface area contributed by atoms with Crippen molar-refractivity contribution < 1.29 is 9.18 Å². The highest BCUT2D eigenvalue weighted by Gasteiger charge is 2.13. The third-order valence-electron chi connectivity index (χ3n) is 3.24. The third kappa shape index (κ3) is 3.19. The number of hydrogen-bond donors (Lipinski definition) is 2. The van der Waals surface area contributed by atoms with Crippen molar-refractivity contribution in [2.75, 3.05) is 5.32 Å². The third-order valence-corrected chi connectivity index (χ3v) is 3.55. The van der Waals surface area contributed by atoms with E-state index < -0.39 is 11.7 Å². The second-order valence-corrected chi connectivity index (χ2v) is 5.26. The number of carbonyl (C=O) groups excluding carboxylic acids is 1. The van der Waals surface area contributed by atoms with E-state index in [1.54, 1.807) is 31.2 Å². The normalized spacial score (nSPS) is 10.6. The molecule has 0 atom stereocenters. The number of hydrogen-bond acceptors (Lipinski definition) is 4. The van der Waals surface area contributed by atoms with Gasteiger partial charge in [-0.25, -0.2) is 4.39 Å². The second kappa shape index (κ2) is 6.13. The number of nitrogens with one attached hydrogen (secondary N) is 2. The van der Waals surface area contributed by atoms with Crippen molar-refractivity contribution in [2.24, 2.45) is 0 Å². The van der Waals surface area contributed by atoms with Crippen LogP contribution in [0.25, 0.3) is 11.4 Å². The summed E-state index contributed by atoms with van der Waals surface area (Å²) in [6, 6.07) is 9.45. The molecule has 1 amide bonds. The van der Waals surface area contributed by atoms with Crippen molar-refractivity contribution in [3.8, 4) is 11.4 Å². The summed E-state index contributed by atoms with van der Waals surface area (Å²) < 4.78 is 13.4. The summed E-state index contributed by atoms with van der Waals surface area (Å²) in [7, 11) is 0.